The van der Waals surface area contributed by atoms with E-state index in [0.717, 1.165) is 12.2 Å². The van der Waals surface area contributed by atoms with Gasteiger partial charge in [0, 0.05) is 30.9 Å². The van der Waals surface area contributed by atoms with Crippen LogP contribution in [-0.4, -0.2) is 63.5 Å². The maximum atomic E-state index is 12.7. The molecule has 9 nitrogen and oxygen atoms in total. The van der Waals surface area contributed by atoms with Crippen molar-refractivity contribution in [2.24, 2.45) is 0 Å². The third-order valence-corrected chi connectivity index (χ3v) is 6.80. The molecule has 0 aliphatic carbocycles. The molecule has 36 heavy (non-hydrogen) atoms. The molecule has 1 aliphatic heterocycles. The van der Waals surface area contributed by atoms with Gasteiger partial charge in [-0.05, 0) is 49.2 Å². The first kappa shape index (κ1) is 25.7. The monoisotopic (exact) mass is 509 g/mol. The molecule has 1 saturated heterocycles. The van der Waals surface area contributed by atoms with Crippen LogP contribution in [0.3, 0.4) is 0 Å². The number of hydrogen-bond donors (Lipinski definition) is 1. The van der Waals surface area contributed by atoms with Crippen LogP contribution in [0.15, 0.2) is 53.7 Å². The number of aryl methyl sites for hydroxylation is 1. The number of benzene rings is 2. The number of thioether (sulfide) groups is 1. The highest BCUT2D eigenvalue weighted by atomic mass is 32.2. The lowest BCUT2D eigenvalue weighted by Crippen LogP contribution is -2.40. The van der Waals surface area contributed by atoms with Gasteiger partial charge in [0.15, 0.2) is 11.0 Å². The van der Waals surface area contributed by atoms with E-state index in [1.807, 2.05) is 35.8 Å². The number of hydrogen-bond acceptors (Lipinski definition) is 7. The standard InChI is InChI=1S/C26H31N5O4S/c1-3-19-8-10-22(11-9-19)35-17-23-28-29-26(31(23)4-2)36-18-24(32)27-21-7-5-6-20(16-21)25(33)30-12-14-34-15-13-30/h5-11,16H,3-4,12-15,17-18H2,1-2H3,(H,27,32). The smallest absolute Gasteiger partial charge is 0.254 e. The lowest BCUT2D eigenvalue weighted by Gasteiger charge is -2.27. The predicted molar refractivity (Wildman–Crippen MR) is 138 cm³/mol. The van der Waals surface area contributed by atoms with Gasteiger partial charge in [0.1, 0.15) is 12.4 Å². The van der Waals surface area contributed by atoms with Crippen LogP contribution in [0, 0.1) is 0 Å². The Morgan fingerprint density at radius 3 is 2.58 bits per heavy atom. The van der Waals surface area contributed by atoms with Gasteiger partial charge in [-0.15, -0.1) is 10.2 Å². The van der Waals surface area contributed by atoms with Crippen molar-refractivity contribution in [3.63, 3.8) is 0 Å². The second-order valence-corrected chi connectivity index (χ2v) is 9.19. The normalized spacial score (nSPS) is 13.4. The Labute approximate surface area is 215 Å². The highest BCUT2D eigenvalue weighted by Gasteiger charge is 2.19. The van der Waals surface area contributed by atoms with Gasteiger partial charge in [-0.1, -0.05) is 36.9 Å². The number of morpholine rings is 1. The number of amides is 2. The van der Waals surface area contributed by atoms with Crippen molar-refractivity contribution in [2.45, 2.75) is 38.6 Å². The summed E-state index contributed by atoms with van der Waals surface area (Å²) in [6.07, 6.45) is 0.983. The molecule has 1 N–H and O–H groups in total. The van der Waals surface area contributed by atoms with Gasteiger partial charge >= 0.3 is 0 Å². The van der Waals surface area contributed by atoms with Crippen molar-refractivity contribution >= 4 is 29.3 Å². The molecule has 0 radical (unpaired) electrons. The zero-order chi connectivity index (χ0) is 25.3. The van der Waals surface area contributed by atoms with Gasteiger partial charge in [-0.2, -0.15) is 0 Å². The second kappa shape index (κ2) is 12.5. The number of nitrogens with one attached hydrogen (secondary N) is 1. The van der Waals surface area contributed by atoms with E-state index in [0.29, 0.717) is 61.7 Å². The lowest BCUT2D eigenvalue weighted by molar-refractivity contribution is -0.113. The maximum absolute atomic E-state index is 12.7. The molecular formula is C26H31N5O4S. The number of aromatic nitrogens is 3. The summed E-state index contributed by atoms with van der Waals surface area (Å²) in [4.78, 5) is 27.1. The van der Waals surface area contributed by atoms with Crippen LogP contribution in [0.4, 0.5) is 5.69 Å². The summed E-state index contributed by atoms with van der Waals surface area (Å²) in [5.41, 5.74) is 2.38. The summed E-state index contributed by atoms with van der Waals surface area (Å²) < 4.78 is 13.1. The van der Waals surface area contributed by atoms with Crippen LogP contribution in [0.2, 0.25) is 0 Å². The van der Waals surface area contributed by atoms with Crippen molar-refractivity contribution in [3.8, 4) is 5.75 Å². The van der Waals surface area contributed by atoms with E-state index < -0.39 is 0 Å². The summed E-state index contributed by atoms with van der Waals surface area (Å²) in [5.74, 6) is 1.40. The van der Waals surface area contributed by atoms with Gasteiger partial charge in [0.25, 0.3) is 5.91 Å². The minimum absolute atomic E-state index is 0.0594. The van der Waals surface area contributed by atoms with Crippen LogP contribution >= 0.6 is 11.8 Å². The Morgan fingerprint density at radius 2 is 1.86 bits per heavy atom. The van der Waals surface area contributed by atoms with Gasteiger partial charge in [0.2, 0.25) is 5.91 Å². The molecule has 0 unspecified atom stereocenters. The number of rotatable bonds is 10. The maximum Gasteiger partial charge on any atom is 0.254 e. The number of ether oxygens (including phenoxy) is 2. The molecule has 1 fully saturated rings. The molecule has 2 amide bonds. The summed E-state index contributed by atoms with van der Waals surface area (Å²) in [7, 11) is 0. The first-order valence-corrected chi connectivity index (χ1v) is 13.1. The van der Waals surface area contributed by atoms with Crippen molar-refractivity contribution in [2.75, 3.05) is 37.4 Å². The van der Waals surface area contributed by atoms with Crippen LogP contribution in [0.5, 0.6) is 5.75 Å². The Morgan fingerprint density at radius 1 is 1.08 bits per heavy atom. The van der Waals surface area contributed by atoms with Gasteiger partial charge < -0.3 is 24.3 Å². The molecule has 1 aliphatic rings. The molecule has 2 aromatic carbocycles. The summed E-state index contributed by atoms with van der Waals surface area (Å²) in [5, 5.41) is 12.0. The first-order chi connectivity index (χ1) is 17.6. The zero-order valence-electron chi connectivity index (χ0n) is 20.6. The summed E-state index contributed by atoms with van der Waals surface area (Å²) >= 11 is 1.31. The Bertz CT molecular complexity index is 1180. The molecule has 2 heterocycles. The van der Waals surface area contributed by atoms with Gasteiger partial charge in [-0.3, -0.25) is 9.59 Å². The largest absolute Gasteiger partial charge is 0.486 e. The van der Waals surface area contributed by atoms with Gasteiger partial charge in [0.05, 0.1) is 19.0 Å². The zero-order valence-corrected chi connectivity index (χ0v) is 21.4. The quantitative estimate of drug-likeness (QED) is 0.417. The Balaban J connectivity index is 1.31. The third kappa shape index (κ3) is 6.64. The molecule has 1 aromatic heterocycles. The van der Waals surface area contributed by atoms with Crippen molar-refractivity contribution in [3.05, 3.63) is 65.5 Å². The minimum atomic E-state index is -0.185. The molecule has 0 spiro atoms. The molecule has 0 saturated carbocycles. The number of carbonyl (C=O) groups excluding carboxylic acids is 2. The number of nitrogens with zero attached hydrogens (tertiary/aromatic N) is 4. The Hall–Kier alpha value is -3.37. The fraction of sp³-hybridized carbons (Fsp3) is 0.385. The van der Waals surface area contributed by atoms with Crippen molar-refractivity contribution in [1.82, 2.24) is 19.7 Å². The topological polar surface area (TPSA) is 98.6 Å². The molecular weight excluding hydrogens is 478 g/mol. The highest BCUT2D eigenvalue weighted by Crippen LogP contribution is 2.20. The minimum Gasteiger partial charge on any atom is -0.486 e. The third-order valence-electron chi connectivity index (χ3n) is 5.83. The predicted octanol–water partition coefficient (Wildman–Crippen LogP) is 3.64. The van der Waals surface area contributed by atoms with Crippen molar-refractivity contribution in [1.29, 1.82) is 0 Å². The van der Waals surface area contributed by atoms with E-state index in [1.165, 1.54) is 17.3 Å². The fourth-order valence-electron chi connectivity index (χ4n) is 3.83. The summed E-state index contributed by atoms with van der Waals surface area (Å²) in [6.45, 7) is 7.31. The molecule has 0 bridgehead atoms. The van der Waals surface area contributed by atoms with E-state index >= 15 is 0 Å². The van der Waals surface area contributed by atoms with Crippen LogP contribution in [0.1, 0.15) is 35.6 Å². The van der Waals surface area contributed by atoms with E-state index in [9.17, 15) is 9.59 Å². The Kier molecular flexibility index (Phi) is 8.96. The first-order valence-electron chi connectivity index (χ1n) is 12.1. The SMILES string of the molecule is CCc1ccc(OCc2nnc(SCC(=O)Nc3cccc(C(=O)N4CCOCC4)c3)n2CC)cc1. The van der Waals surface area contributed by atoms with E-state index in [-0.39, 0.29) is 17.6 Å². The van der Waals surface area contributed by atoms with Crippen LogP contribution in [0.25, 0.3) is 0 Å². The molecule has 190 valence electrons. The lowest BCUT2D eigenvalue weighted by atomic mass is 10.1. The highest BCUT2D eigenvalue weighted by molar-refractivity contribution is 7.99. The molecule has 10 heteroatoms. The van der Waals surface area contributed by atoms with Gasteiger partial charge in [-0.25, -0.2) is 0 Å². The second-order valence-electron chi connectivity index (χ2n) is 8.25. The van der Waals surface area contributed by atoms with Crippen LogP contribution in [-0.2, 0) is 29.1 Å². The van der Waals surface area contributed by atoms with Crippen molar-refractivity contribution < 1.29 is 19.1 Å². The fourth-order valence-corrected chi connectivity index (χ4v) is 4.65. The van der Waals surface area contributed by atoms with Crippen LogP contribution < -0.4 is 10.1 Å². The van der Waals surface area contributed by atoms with E-state index in [1.54, 1.807) is 29.2 Å². The summed E-state index contributed by atoms with van der Waals surface area (Å²) in [6, 6.07) is 15.0. The average Bonchev–Trinajstić information content (AvgIpc) is 3.33. The number of anilines is 1. The van der Waals surface area contributed by atoms with E-state index in [2.05, 4.69) is 22.4 Å². The average molecular weight is 510 g/mol. The molecule has 4 rings (SSSR count). The van der Waals surface area contributed by atoms with E-state index in [4.69, 9.17) is 9.47 Å². The number of carbonyl (C=O) groups is 2. The molecule has 3 aromatic rings. The molecule has 0 atom stereocenters.